The van der Waals surface area contributed by atoms with Crippen molar-refractivity contribution < 1.29 is 0 Å². The summed E-state index contributed by atoms with van der Waals surface area (Å²) in [6, 6.07) is 6.19. The van der Waals surface area contributed by atoms with Gasteiger partial charge in [0, 0.05) is 27.3 Å². The highest BCUT2D eigenvalue weighted by Gasteiger charge is 2.03. The monoisotopic (exact) mass is 413 g/mol. The summed E-state index contributed by atoms with van der Waals surface area (Å²) in [6.07, 6.45) is 1.03. The molecule has 0 spiro atoms. The lowest BCUT2D eigenvalue weighted by Crippen LogP contribution is -2.15. The van der Waals surface area contributed by atoms with Crippen LogP contribution in [-0.4, -0.2) is 6.54 Å². The second-order valence-electron chi connectivity index (χ2n) is 3.47. The van der Waals surface area contributed by atoms with Crippen molar-refractivity contribution >= 4 is 66.1 Å². The summed E-state index contributed by atoms with van der Waals surface area (Å²) in [4.78, 5) is 2.66. The molecule has 0 aliphatic heterocycles. The summed E-state index contributed by atoms with van der Waals surface area (Å²) >= 11 is 16.3. The highest BCUT2D eigenvalue weighted by Crippen LogP contribution is 2.32. The van der Waals surface area contributed by atoms with Crippen molar-refractivity contribution in [1.82, 2.24) is 5.32 Å². The number of halogens is 3. The molecule has 0 bridgehead atoms. The SMILES string of the molecule is Clc1ccc(CCNCc2cc(Br)c(Br)s2)s1. The zero-order valence-electron chi connectivity index (χ0n) is 8.80. The molecule has 0 saturated heterocycles. The third-order valence-electron chi connectivity index (χ3n) is 2.17. The smallest absolute Gasteiger partial charge is 0.0931 e. The first-order valence-corrected chi connectivity index (χ1v) is 8.63. The summed E-state index contributed by atoms with van der Waals surface area (Å²) in [5.41, 5.74) is 0. The van der Waals surface area contributed by atoms with Crippen LogP contribution in [0.3, 0.4) is 0 Å². The topological polar surface area (TPSA) is 12.0 Å². The van der Waals surface area contributed by atoms with Gasteiger partial charge in [-0.2, -0.15) is 0 Å². The second kappa shape index (κ2) is 6.68. The molecule has 2 heterocycles. The lowest BCUT2D eigenvalue weighted by atomic mass is 10.3. The third kappa shape index (κ3) is 4.33. The third-order valence-corrected chi connectivity index (χ3v) is 6.72. The largest absolute Gasteiger partial charge is 0.311 e. The molecule has 92 valence electrons. The zero-order valence-corrected chi connectivity index (χ0v) is 14.4. The van der Waals surface area contributed by atoms with E-state index in [0.29, 0.717) is 0 Å². The number of nitrogens with one attached hydrogen (secondary N) is 1. The fraction of sp³-hybridized carbons (Fsp3) is 0.273. The molecular formula is C11H10Br2ClNS2. The zero-order chi connectivity index (χ0) is 12.3. The van der Waals surface area contributed by atoms with Crippen LogP contribution in [0.2, 0.25) is 4.34 Å². The van der Waals surface area contributed by atoms with Crippen LogP contribution < -0.4 is 5.32 Å². The van der Waals surface area contributed by atoms with E-state index in [4.69, 9.17) is 11.6 Å². The maximum absolute atomic E-state index is 5.88. The Kier molecular flexibility index (Phi) is 5.51. The van der Waals surface area contributed by atoms with Gasteiger partial charge in [0.05, 0.1) is 8.12 Å². The normalized spacial score (nSPS) is 11.0. The van der Waals surface area contributed by atoms with Gasteiger partial charge in [-0.05, 0) is 56.5 Å². The number of thiophene rings is 2. The van der Waals surface area contributed by atoms with Gasteiger partial charge in [0.1, 0.15) is 0 Å². The van der Waals surface area contributed by atoms with Crippen LogP contribution in [0, 0.1) is 0 Å². The van der Waals surface area contributed by atoms with E-state index in [2.05, 4.69) is 49.3 Å². The van der Waals surface area contributed by atoms with Crippen LogP contribution >= 0.6 is 66.1 Å². The summed E-state index contributed by atoms with van der Waals surface area (Å²) in [5.74, 6) is 0. The van der Waals surface area contributed by atoms with E-state index in [1.807, 2.05) is 6.07 Å². The molecule has 2 aromatic rings. The molecule has 0 saturated carbocycles. The molecule has 2 rings (SSSR count). The average molecular weight is 416 g/mol. The molecule has 1 nitrogen and oxygen atoms in total. The number of hydrogen-bond acceptors (Lipinski definition) is 3. The molecule has 0 aliphatic rings. The lowest BCUT2D eigenvalue weighted by molar-refractivity contribution is 0.697. The van der Waals surface area contributed by atoms with E-state index >= 15 is 0 Å². The molecule has 0 unspecified atom stereocenters. The summed E-state index contributed by atoms with van der Waals surface area (Å²) in [6.45, 7) is 1.89. The van der Waals surface area contributed by atoms with Crippen molar-refractivity contribution in [2.75, 3.05) is 6.54 Å². The Bertz CT molecular complexity index is 476. The highest BCUT2D eigenvalue weighted by atomic mass is 79.9. The summed E-state index contributed by atoms with van der Waals surface area (Å²) in [5, 5.41) is 3.43. The van der Waals surface area contributed by atoms with E-state index < -0.39 is 0 Å². The lowest BCUT2D eigenvalue weighted by Gasteiger charge is -2.00. The van der Waals surface area contributed by atoms with Crippen LogP contribution in [0.5, 0.6) is 0 Å². The van der Waals surface area contributed by atoms with Gasteiger partial charge in [-0.25, -0.2) is 0 Å². The van der Waals surface area contributed by atoms with Gasteiger partial charge in [-0.15, -0.1) is 22.7 Å². The Balaban J connectivity index is 1.73. The van der Waals surface area contributed by atoms with Crippen molar-refractivity contribution in [3.05, 3.63) is 40.5 Å². The predicted molar refractivity (Wildman–Crippen MR) is 84.5 cm³/mol. The fourth-order valence-electron chi connectivity index (χ4n) is 1.39. The Hall–Kier alpha value is 0.610. The molecule has 0 fully saturated rings. The van der Waals surface area contributed by atoms with E-state index in [1.54, 1.807) is 22.7 Å². The van der Waals surface area contributed by atoms with Crippen molar-refractivity contribution in [1.29, 1.82) is 0 Å². The van der Waals surface area contributed by atoms with E-state index in [1.165, 1.54) is 9.75 Å². The van der Waals surface area contributed by atoms with Crippen molar-refractivity contribution in [3.63, 3.8) is 0 Å². The number of hydrogen-bond donors (Lipinski definition) is 1. The molecule has 2 aromatic heterocycles. The molecular weight excluding hydrogens is 406 g/mol. The minimum atomic E-state index is 0.867. The minimum Gasteiger partial charge on any atom is -0.311 e. The highest BCUT2D eigenvalue weighted by molar-refractivity contribution is 9.13. The standard InChI is InChI=1S/C11H10Br2ClNS2/c12-9-5-8(17-11(9)13)6-15-4-3-7-1-2-10(14)16-7/h1-2,5,15H,3-4,6H2. The minimum absolute atomic E-state index is 0.867. The first kappa shape index (κ1) is 14.0. The predicted octanol–water partition coefficient (Wildman–Crippen LogP) is 5.32. The molecule has 17 heavy (non-hydrogen) atoms. The Morgan fingerprint density at radius 3 is 2.59 bits per heavy atom. The average Bonchev–Trinajstić information content (AvgIpc) is 2.82. The van der Waals surface area contributed by atoms with Gasteiger partial charge < -0.3 is 5.32 Å². The van der Waals surface area contributed by atoms with Gasteiger partial charge in [0.15, 0.2) is 0 Å². The van der Waals surface area contributed by atoms with E-state index in [9.17, 15) is 0 Å². The molecule has 1 N–H and O–H groups in total. The Labute approximate surface area is 130 Å². The Morgan fingerprint density at radius 2 is 2.00 bits per heavy atom. The van der Waals surface area contributed by atoms with Crippen LogP contribution in [0.15, 0.2) is 26.5 Å². The maximum Gasteiger partial charge on any atom is 0.0931 e. The summed E-state index contributed by atoms with van der Waals surface area (Å²) in [7, 11) is 0. The molecule has 0 amide bonds. The van der Waals surface area contributed by atoms with Crippen LogP contribution in [0.25, 0.3) is 0 Å². The molecule has 0 aliphatic carbocycles. The van der Waals surface area contributed by atoms with E-state index in [0.717, 1.165) is 32.1 Å². The summed E-state index contributed by atoms with van der Waals surface area (Å²) < 4.78 is 3.15. The van der Waals surface area contributed by atoms with Crippen LogP contribution in [0.4, 0.5) is 0 Å². The molecule has 0 atom stereocenters. The van der Waals surface area contributed by atoms with E-state index in [-0.39, 0.29) is 0 Å². The molecule has 6 heteroatoms. The second-order valence-corrected chi connectivity index (χ2v) is 8.58. The maximum atomic E-state index is 5.88. The Morgan fingerprint density at radius 1 is 1.18 bits per heavy atom. The van der Waals surface area contributed by atoms with Gasteiger partial charge in [0.25, 0.3) is 0 Å². The first-order chi connectivity index (χ1) is 8.15. The molecule has 0 radical (unpaired) electrons. The number of rotatable bonds is 5. The first-order valence-electron chi connectivity index (χ1n) is 5.04. The quantitative estimate of drug-likeness (QED) is 0.652. The van der Waals surface area contributed by atoms with Crippen LogP contribution in [-0.2, 0) is 13.0 Å². The van der Waals surface area contributed by atoms with Crippen molar-refractivity contribution in [2.45, 2.75) is 13.0 Å². The molecule has 0 aromatic carbocycles. The van der Waals surface area contributed by atoms with Gasteiger partial charge in [-0.1, -0.05) is 11.6 Å². The van der Waals surface area contributed by atoms with Crippen molar-refractivity contribution in [3.8, 4) is 0 Å². The fourth-order valence-corrected chi connectivity index (χ4v) is 4.62. The van der Waals surface area contributed by atoms with Gasteiger partial charge in [-0.3, -0.25) is 0 Å². The van der Waals surface area contributed by atoms with Crippen LogP contribution in [0.1, 0.15) is 9.75 Å². The van der Waals surface area contributed by atoms with Gasteiger partial charge >= 0.3 is 0 Å². The van der Waals surface area contributed by atoms with Crippen molar-refractivity contribution in [2.24, 2.45) is 0 Å². The van der Waals surface area contributed by atoms with Gasteiger partial charge in [0.2, 0.25) is 0 Å².